The van der Waals surface area contributed by atoms with E-state index in [1.54, 1.807) is 0 Å². The molecule has 2 aliphatic carbocycles. The lowest BCUT2D eigenvalue weighted by Crippen LogP contribution is -2.59. The van der Waals surface area contributed by atoms with Crippen molar-refractivity contribution in [2.75, 3.05) is 13.1 Å². The molecule has 1 aliphatic heterocycles. The fourth-order valence-corrected chi connectivity index (χ4v) is 4.32. The van der Waals surface area contributed by atoms with Crippen molar-refractivity contribution in [3.8, 4) is 6.07 Å². The maximum absolute atomic E-state index is 9.66. The molecule has 0 bridgehead atoms. The molecule has 4 nitrogen and oxygen atoms in total. The van der Waals surface area contributed by atoms with Gasteiger partial charge < -0.3 is 4.74 Å². The molecule has 0 aromatic carbocycles. The Morgan fingerprint density at radius 1 is 1.10 bits per heavy atom. The maximum Gasteiger partial charge on any atom is 0.108 e. The second kappa shape index (κ2) is 4.94. The average Bonchev–Trinajstić information content (AvgIpc) is 3.03. The zero-order valence-corrected chi connectivity index (χ0v) is 13.9. The minimum Gasteiger partial charge on any atom is -0.367 e. The lowest BCUT2D eigenvalue weighted by molar-refractivity contribution is -0.187. The van der Waals surface area contributed by atoms with E-state index in [4.69, 9.17) is 4.74 Å². The molecular formula is C17H29N3O. The van der Waals surface area contributed by atoms with Crippen LogP contribution in [0.15, 0.2) is 0 Å². The van der Waals surface area contributed by atoms with Gasteiger partial charge in [0.2, 0.25) is 0 Å². The lowest BCUT2D eigenvalue weighted by Gasteiger charge is -2.49. The normalized spacial score (nSPS) is 39.1. The van der Waals surface area contributed by atoms with Gasteiger partial charge in [0, 0.05) is 25.2 Å². The van der Waals surface area contributed by atoms with Crippen molar-refractivity contribution in [2.45, 2.75) is 88.6 Å². The largest absolute Gasteiger partial charge is 0.367 e. The Labute approximate surface area is 128 Å². The predicted molar refractivity (Wildman–Crippen MR) is 83.0 cm³/mol. The van der Waals surface area contributed by atoms with Crippen LogP contribution in [0.1, 0.15) is 59.8 Å². The number of ether oxygens (including phenoxy) is 1. The second-order valence-corrected chi connectivity index (χ2v) is 8.54. The van der Waals surface area contributed by atoms with E-state index in [-0.39, 0.29) is 16.7 Å². The summed E-state index contributed by atoms with van der Waals surface area (Å²) in [4.78, 5) is 2.57. The zero-order chi connectivity index (χ0) is 15.3. The molecule has 3 rings (SSSR count). The van der Waals surface area contributed by atoms with Gasteiger partial charge in [0.1, 0.15) is 5.54 Å². The van der Waals surface area contributed by atoms with Crippen molar-refractivity contribution in [1.29, 1.82) is 5.26 Å². The van der Waals surface area contributed by atoms with E-state index in [0.717, 1.165) is 32.4 Å². The van der Waals surface area contributed by atoms with E-state index in [2.05, 4.69) is 44.0 Å². The van der Waals surface area contributed by atoms with Gasteiger partial charge in [-0.05, 0) is 59.8 Å². The number of nitrogens with one attached hydrogen (secondary N) is 1. The molecule has 2 saturated carbocycles. The Bertz CT molecular complexity index is 433. The number of rotatable bonds is 3. The van der Waals surface area contributed by atoms with E-state index < -0.39 is 0 Å². The number of hydrogen-bond acceptors (Lipinski definition) is 4. The van der Waals surface area contributed by atoms with Crippen molar-refractivity contribution >= 4 is 0 Å². The highest BCUT2D eigenvalue weighted by Gasteiger charge is 2.48. The third-order valence-electron chi connectivity index (χ3n) is 5.00. The Kier molecular flexibility index (Phi) is 3.59. The van der Waals surface area contributed by atoms with Crippen molar-refractivity contribution in [1.82, 2.24) is 10.2 Å². The number of nitrogens with zero attached hydrogens (tertiary/aromatic N) is 2. The summed E-state index contributed by atoms with van der Waals surface area (Å²) in [7, 11) is 0. The molecule has 1 heterocycles. The number of nitriles is 1. The first-order valence-electron chi connectivity index (χ1n) is 8.36. The lowest BCUT2D eigenvalue weighted by atomic mass is 9.95. The van der Waals surface area contributed by atoms with Crippen LogP contribution in [0.2, 0.25) is 0 Å². The first-order chi connectivity index (χ1) is 9.73. The van der Waals surface area contributed by atoms with Gasteiger partial charge in [-0.25, -0.2) is 0 Å². The molecule has 1 saturated heterocycles. The van der Waals surface area contributed by atoms with Crippen molar-refractivity contribution in [3.63, 3.8) is 0 Å². The van der Waals surface area contributed by atoms with Crippen LogP contribution in [-0.2, 0) is 4.74 Å². The van der Waals surface area contributed by atoms with E-state index >= 15 is 0 Å². The summed E-state index contributed by atoms with van der Waals surface area (Å²) in [6, 6.07) is 3.70. The molecule has 21 heavy (non-hydrogen) atoms. The standard InChI is InChI=1S/C17H29N3O/c1-15(2)11-20(12-16(3,4)21-15)14-7-8-17(9-14,10-18)19-13-5-6-13/h13-14,19H,5-9,11-12H2,1-4H3. The molecule has 0 amide bonds. The van der Waals surface area contributed by atoms with Gasteiger partial charge in [0.15, 0.2) is 0 Å². The Morgan fingerprint density at radius 2 is 1.71 bits per heavy atom. The van der Waals surface area contributed by atoms with E-state index in [9.17, 15) is 5.26 Å². The molecule has 2 atom stereocenters. The Hall–Kier alpha value is -0.630. The maximum atomic E-state index is 9.66. The van der Waals surface area contributed by atoms with Crippen LogP contribution >= 0.6 is 0 Å². The van der Waals surface area contributed by atoms with Gasteiger partial charge in [0.25, 0.3) is 0 Å². The first-order valence-corrected chi connectivity index (χ1v) is 8.36. The quantitative estimate of drug-likeness (QED) is 0.867. The van der Waals surface area contributed by atoms with Gasteiger partial charge in [-0.2, -0.15) is 5.26 Å². The molecule has 118 valence electrons. The first kappa shape index (κ1) is 15.3. The van der Waals surface area contributed by atoms with Crippen LogP contribution in [0.5, 0.6) is 0 Å². The number of hydrogen-bond donors (Lipinski definition) is 1. The topological polar surface area (TPSA) is 48.3 Å². The van der Waals surface area contributed by atoms with Crippen LogP contribution in [0, 0.1) is 11.3 Å². The van der Waals surface area contributed by atoms with Crippen molar-refractivity contribution in [3.05, 3.63) is 0 Å². The molecule has 0 radical (unpaired) electrons. The third-order valence-corrected chi connectivity index (χ3v) is 5.00. The molecule has 3 aliphatic rings. The minimum atomic E-state index is -0.279. The Balaban J connectivity index is 1.68. The second-order valence-electron chi connectivity index (χ2n) is 8.54. The van der Waals surface area contributed by atoms with Crippen LogP contribution in [-0.4, -0.2) is 46.8 Å². The summed E-state index contributed by atoms with van der Waals surface area (Å²) < 4.78 is 6.18. The summed E-state index contributed by atoms with van der Waals surface area (Å²) in [6.45, 7) is 10.6. The van der Waals surface area contributed by atoms with Crippen LogP contribution in [0.4, 0.5) is 0 Å². The van der Waals surface area contributed by atoms with E-state index in [0.29, 0.717) is 12.1 Å². The highest BCUT2D eigenvalue weighted by Crippen LogP contribution is 2.39. The van der Waals surface area contributed by atoms with Gasteiger partial charge in [0.05, 0.1) is 17.3 Å². The van der Waals surface area contributed by atoms with Crippen LogP contribution in [0.3, 0.4) is 0 Å². The molecule has 3 fully saturated rings. The third kappa shape index (κ3) is 3.41. The number of morpholine rings is 1. The average molecular weight is 291 g/mol. The molecule has 0 aromatic heterocycles. The smallest absolute Gasteiger partial charge is 0.108 e. The fraction of sp³-hybridized carbons (Fsp3) is 0.941. The molecular weight excluding hydrogens is 262 g/mol. The highest BCUT2D eigenvalue weighted by atomic mass is 16.5. The van der Waals surface area contributed by atoms with Gasteiger partial charge in [-0.1, -0.05) is 0 Å². The molecule has 0 aromatic rings. The summed E-state index contributed by atoms with van der Waals surface area (Å²) in [5.41, 5.74) is -0.494. The monoisotopic (exact) mass is 291 g/mol. The summed E-state index contributed by atoms with van der Waals surface area (Å²) in [5, 5.41) is 13.3. The van der Waals surface area contributed by atoms with E-state index in [1.807, 2.05) is 0 Å². The van der Waals surface area contributed by atoms with Crippen LogP contribution < -0.4 is 5.32 Å². The molecule has 0 spiro atoms. The Morgan fingerprint density at radius 3 is 2.24 bits per heavy atom. The minimum absolute atomic E-state index is 0.108. The van der Waals surface area contributed by atoms with Gasteiger partial charge >= 0.3 is 0 Å². The van der Waals surface area contributed by atoms with Crippen molar-refractivity contribution < 1.29 is 4.74 Å². The molecule has 4 heteroatoms. The van der Waals surface area contributed by atoms with Gasteiger partial charge in [-0.3, -0.25) is 10.2 Å². The SMILES string of the molecule is CC1(C)CN(C2CCC(C#N)(NC3CC3)C2)CC(C)(C)O1. The van der Waals surface area contributed by atoms with Crippen molar-refractivity contribution in [2.24, 2.45) is 0 Å². The summed E-state index contributed by atoms with van der Waals surface area (Å²) in [5.74, 6) is 0. The van der Waals surface area contributed by atoms with E-state index in [1.165, 1.54) is 12.8 Å². The summed E-state index contributed by atoms with van der Waals surface area (Å²) >= 11 is 0. The fourth-order valence-electron chi connectivity index (χ4n) is 4.32. The molecule has 2 unspecified atom stereocenters. The molecule has 1 N–H and O–H groups in total. The highest BCUT2D eigenvalue weighted by molar-refractivity contribution is 5.16. The zero-order valence-electron chi connectivity index (χ0n) is 13.9. The van der Waals surface area contributed by atoms with Gasteiger partial charge in [-0.15, -0.1) is 0 Å². The summed E-state index contributed by atoms with van der Waals surface area (Å²) in [6.07, 6.45) is 5.56. The predicted octanol–water partition coefficient (Wildman–Crippen LogP) is 2.44. The van der Waals surface area contributed by atoms with Crippen LogP contribution in [0.25, 0.3) is 0 Å².